The third-order valence-corrected chi connectivity index (χ3v) is 6.41. The fourth-order valence-corrected chi connectivity index (χ4v) is 5.11. The zero-order valence-corrected chi connectivity index (χ0v) is 15.5. The molecule has 3 fully saturated rings. The van der Waals surface area contributed by atoms with Crippen LogP contribution in [0.2, 0.25) is 5.02 Å². The molecule has 27 heavy (non-hydrogen) atoms. The van der Waals surface area contributed by atoms with E-state index < -0.39 is 11.5 Å². The summed E-state index contributed by atoms with van der Waals surface area (Å²) < 4.78 is 19.8. The second kappa shape index (κ2) is 6.30. The van der Waals surface area contributed by atoms with Gasteiger partial charge in [0.25, 0.3) is 0 Å². The molecule has 1 spiro atoms. The molecule has 2 aromatic rings. The lowest BCUT2D eigenvalue weighted by Crippen LogP contribution is -2.48. The van der Waals surface area contributed by atoms with E-state index in [0.717, 1.165) is 24.1 Å². The summed E-state index contributed by atoms with van der Waals surface area (Å²) in [5, 5.41) is 0.131. The first-order valence-corrected chi connectivity index (χ1v) is 9.65. The van der Waals surface area contributed by atoms with Gasteiger partial charge in [-0.05, 0) is 23.3 Å². The second-order valence-electron chi connectivity index (χ2n) is 7.53. The van der Waals surface area contributed by atoms with Crippen molar-refractivity contribution in [3.8, 4) is 0 Å². The van der Waals surface area contributed by atoms with Crippen molar-refractivity contribution in [2.45, 2.75) is 37.2 Å². The zero-order chi connectivity index (χ0) is 18.6. The predicted octanol–water partition coefficient (Wildman–Crippen LogP) is 3.75. The van der Waals surface area contributed by atoms with Gasteiger partial charge in [-0.3, -0.25) is 9.69 Å². The second-order valence-corrected chi connectivity index (χ2v) is 7.94. The number of likely N-dealkylation sites (tertiary alicyclic amines) is 1. The summed E-state index contributed by atoms with van der Waals surface area (Å²) in [7, 11) is 0. The molecule has 4 nitrogen and oxygen atoms in total. The van der Waals surface area contributed by atoms with Crippen molar-refractivity contribution in [3.63, 3.8) is 0 Å². The highest BCUT2D eigenvalue weighted by atomic mass is 35.5. The van der Waals surface area contributed by atoms with Crippen molar-refractivity contribution in [3.05, 3.63) is 70.5 Å². The Morgan fingerprint density at radius 1 is 1.22 bits per heavy atom. The van der Waals surface area contributed by atoms with E-state index in [1.165, 1.54) is 6.07 Å². The lowest BCUT2D eigenvalue weighted by Gasteiger charge is -2.33. The van der Waals surface area contributed by atoms with Gasteiger partial charge in [-0.1, -0.05) is 48.0 Å². The van der Waals surface area contributed by atoms with Crippen molar-refractivity contribution < 1.29 is 13.9 Å². The van der Waals surface area contributed by atoms with Gasteiger partial charge >= 0.3 is 0 Å². The van der Waals surface area contributed by atoms with Crippen LogP contribution in [0.3, 0.4) is 0 Å². The Morgan fingerprint density at radius 2 is 2.04 bits per heavy atom. The van der Waals surface area contributed by atoms with E-state index >= 15 is 0 Å². The highest BCUT2D eigenvalue weighted by molar-refractivity contribution is 6.30. The summed E-state index contributed by atoms with van der Waals surface area (Å²) in [5.74, 6) is -0.265. The molecule has 6 heteroatoms. The molecule has 3 heterocycles. The summed E-state index contributed by atoms with van der Waals surface area (Å²) in [4.78, 5) is 17.1. The van der Waals surface area contributed by atoms with Gasteiger partial charge in [0.1, 0.15) is 5.82 Å². The number of carbonyl (C=O) groups is 1. The van der Waals surface area contributed by atoms with Crippen molar-refractivity contribution in [1.29, 1.82) is 0 Å². The Morgan fingerprint density at radius 3 is 2.81 bits per heavy atom. The Balaban J connectivity index is 1.41. The van der Waals surface area contributed by atoms with E-state index in [1.54, 1.807) is 12.1 Å². The van der Waals surface area contributed by atoms with Crippen LogP contribution in [0.1, 0.15) is 30.0 Å². The molecule has 3 aliphatic heterocycles. The van der Waals surface area contributed by atoms with E-state index in [2.05, 4.69) is 17.0 Å². The van der Waals surface area contributed by atoms with Gasteiger partial charge < -0.3 is 9.64 Å². The molecule has 1 amide bonds. The van der Waals surface area contributed by atoms with Gasteiger partial charge in [-0.2, -0.15) is 0 Å². The standard InChI is InChI=1S/C21H20ClFN2O2/c22-16-10-14(6-7-17(16)23)12-24-9-8-21-19(24)11-20(26)25(21)18(13-27-21)15-4-2-1-3-5-15/h1-7,10,18-19H,8-9,11-13H2/t18-,19+,21-/m0/s1. The number of hydrogen-bond acceptors (Lipinski definition) is 3. The van der Waals surface area contributed by atoms with Gasteiger partial charge in [0, 0.05) is 25.9 Å². The molecule has 0 unspecified atom stereocenters. The maximum Gasteiger partial charge on any atom is 0.227 e. The number of hydrogen-bond donors (Lipinski definition) is 0. The smallest absolute Gasteiger partial charge is 0.227 e. The molecule has 5 rings (SSSR count). The first-order chi connectivity index (χ1) is 13.1. The Bertz CT molecular complexity index is 893. The number of amides is 1. The number of ether oxygens (including phenoxy) is 1. The molecular formula is C21H20ClFN2O2. The van der Waals surface area contributed by atoms with Crippen LogP contribution in [0, 0.1) is 5.82 Å². The number of carbonyl (C=O) groups excluding carboxylic acids is 1. The summed E-state index contributed by atoms with van der Waals surface area (Å²) in [5.41, 5.74) is 1.52. The molecule has 0 radical (unpaired) electrons. The molecule has 140 valence electrons. The van der Waals surface area contributed by atoms with Crippen LogP contribution in [-0.4, -0.2) is 40.6 Å². The summed E-state index contributed by atoms with van der Waals surface area (Å²) in [6.45, 7) is 2.00. The molecule has 0 N–H and O–H groups in total. The maximum atomic E-state index is 13.4. The zero-order valence-electron chi connectivity index (χ0n) is 14.8. The highest BCUT2D eigenvalue weighted by Crippen LogP contribution is 2.51. The molecule has 2 aromatic carbocycles. The summed E-state index contributed by atoms with van der Waals surface area (Å²) in [6.07, 6.45) is 1.25. The molecule has 3 aliphatic rings. The van der Waals surface area contributed by atoms with Crippen LogP contribution in [0.15, 0.2) is 48.5 Å². The topological polar surface area (TPSA) is 32.8 Å². The van der Waals surface area contributed by atoms with Gasteiger partial charge in [0.15, 0.2) is 5.72 Å². The number of rotatable bonds is 3. The minimum absolute atomic E-state index is 0.0162. The lowest BCUT2D eigenvalue weighted by molar-refractivity contribution is -0.138. The van der Waals surface area contributed by atoms with Crippen molar-refractivity contribution >= 4 is 17.5 Å². The fraction of sp³-hybridized carbons (Fsp3) is 0.381. The van der Waals surface area contributed by atoms with E-state index in [0.29, 0.717) is 19.6 Å². The molecule has 0 saturated carbocycles. The molecule has 0 aromatic heterocycles. The Hall–Kier alpha value is -1.95. The largest absolute Gasteiger partial charge is 0.351 e. The van der Waals surface area contributed by atoms with Crippen molar-refractivity contribution in [2.24, 2.45) is 0 Å². The molecular weight excluding hydrogens is 367 g/mol. The van der Waals surface area contributed by atoms with Crippen molar-refractivity contribution in [2.75, 3.05) is 13.2 Å². The number of nitrogens with zero attached hydrogens (tertiary/aromatic N) is 2. The van der Waals surface area contributed by atoms with Gasteiger partial charge in [0.2, 0.25) is 5.91 Å². The predicted molar refractivity (Wildman–Crippen MR) is 99.6 cm³/mol. The molecule has 3 saturated heterocycles. The van der Waals surface area contributed by atoms with Crippen LogP contribution in [0.25, 0.3) is 0 Å². The van der Waals surface area contributed by atoms with Crippen LogP contribution in [-0.2, 0) is 16.1 Å². The van der Waals surface area contributed by atoms with Gasteiger partial charge in [-0.25, -0.2) is 4.39 Å². The minimum Gasteiger partial charge on any atom is -0.351 e. The van der Waals surface area contributed by atoms with Crippen LogP contribution in [0.5, 0.6) is 0 Å². The molecule has 0 bridgehead atoms. The quantitative estimate of drug-likeness (QED) is 0.805. The van der Waals surface area contributed by atoms with Crippen LogP contribution < -0.4 is 0 Å². The first kappa shape index (κ1) is 17.2. The van der Waals surface area contributed by atoms with Crippen molar-refractivity contribution in [1.82, 2.24) is 9.80 Å². The van der Waals surface area contributed by atoms with Crippen LogP contribution >= 0.6 is 11.6 Å². The van der Waals surface area contributed by atoms with E-state index in [4.69, 9.17) is 16.3 Å². The normalized spacial score (nSPS) is 30.0. The Labute approximate surface area is 162 Å². The first-order valence-electron chi connectivity index (χ1n) is 9.27. The lowest BCUT2D eigenvalue weighted by atomic mass is 10.0. The fourth-order valence-electron chi connectivity index (χ4n) is 4.91. The molecule has 3 atom stereocenters. The average molecular weight is 387 g/mol. The van der Waals surface area contributed by atoms with Crippen LogP contribution in [0.4, 0.5) is 4.39 Å². The van der Waals surface area contributed by atoms with Gasteiger partial charge in [0.05, 0.1) is 23.7 Å². The number of halogens is 2. The summed E-state index contributed by atoms with van der Waals surface area (Å²) >= 11 is 5.93. The number of benzene rings is 2. The van der Waals surface area contributed by atoms with E-state index in [-0.39, 0.29) is 23.0 Å². The van der Waals surface area contributed by atoms with E-state index in [9.17, 15) is 9.18 Å². The van der Waals surface area contributed by atoms with Gasteiger partial charge in [-0.15, -0.1) is 0 Å². The average Bonchev–Trinajstić information content (AvgIpc) is 3.29. The summed E-state index contributed by atoms with van der Waals surface area (Å²) in [6, 6.07) is 14.9. The third-order valence-electron chi connectivity index (χ3n) is 6.12. The maximum absolute atomic E-state index is 13.4. The Kier molecular flexibility index (Phi) is 4.00. The minimum atomic E-state index is -0.540. The highest BCUT2D eigenvalue weighted by Gasteiger charge is 2.64. The van der Waals surface area contributed by atoms with E-state index in [1.807, 2.05) is 23.1 Å². The monoisotopic (exact) mass is 386 g/mol. The SMILES string of the molecule is O=C1C[C@H]2N(Cc3ccc(F)c(Cl)c3)CC[C@]23OC[C@@H](c2ccccc2)N13. The molecule has 0 aliphatic carbocycles. The third kappa shape index (κ3) is 2.60.